The zero-order chi connectivity index (χ0) is 16.9. The van der Waals surface area contributed by atoms with Crippen molar-refractivity contribution < 1.29 is 14.3 Å². The fourth-order valence-corrected chi connectivity index (χ4v) is 3.41. The number of amides is 2. The summed E-state index contributed by atoms with van der Waals surface area (Å²) in [6, 6.07) is 7.65. The fourth-order valence-electron chi connectivity index (χ4n) is 3.41. The van der Waals surface area contributed by atoms with Crippen molar-refractivity contribution in [1.29, 1.82) is 0 Å². The van der Waals surface area contributed by atoms with Gasteiger partial charge in [0, 0.05) is 26.3 Å². The average molecular weight is 328 g/mol. The van der Waals surface area contributed by atoms with Crippen LogP contribution in [0.2, 0.25) is 0 Å². The van der Waals surface area contributed by atoms with E-state index in [0.717, 1.165) is 37.0 Å². The summed E-state index contributed by atoms with van der Waals surface area (Å²) in [5, 5.41) is 2.97. The molecule has 1 aromatic rings. The SMILES string of the molecule is CC(=O)N1C=Cc2ccccc2C1CC(=O)NCCC1CCCO1. The molecule has 2 atom stereocenters. The first kappa shape index (κ1) is 16.7. The molecule has 0 bridgehead atoms. The second-order valence-electron chi connectivity index (χ2n) is 6.36. The topological polar surface area (TPSA) is 58.6 Å². The quantitative estimate of drug-likeness (QED) is 0.904. The van der Waals surface area contributed by atoms with Crippen LogP contribution in [0.25, 0.3) is 6.08 Å². The van der Waals surface area contributed by atoms with E-state index >= 15 is 0 Å². The number of ether oxygens (including phenoxy) is 1. The summed E-state index contributed by atoms with van der Waals surface area (Å²) >= 11 is 0. The second-order valence-corrected chi connectivity index (χ2v) is 6.36. The second kappa shape index (κ2) is 7.62. The summed E-state index contributed by atoms with van der Waals surface area (Å²) < 4.78 is 5.57. The Bertz CT molecular complexity index is 635. The molecule has 128 valence electrons. The molecule has 2 aliphatic rings. The monoisotopic (exact) mass is 328 g/mol. The number of hydrogen-bond donors (Lipinski definition) is 1. The highest BCUT2D eigenvalue weighted by Crippen LogP contribution is 2.32. The Morgan fingerprint density at radius 3 is 2.92 bits per heavy atom. The van der Waals surface area contributed by atoms with Crippen LogP contribution < -0.4 is 5.32 Å². The minimum Gasteiger partial charge on any atom is -0.378 e. The van der Waals surface area contributed by atoms with E-state index in [9.17, 15) is 9.59 Å². The fraction of sp³-hybridized carbons (Fsp3) is 0.474. The number of hydrogen-bond acceptors (Lipinski definition) is 3. The first-order valence-corrected chi connectivity index (χ1v) is 8.59. The summed E-state index contributed by atoms with van der Waals surface area (Å²) in [6.07, 6.45) is 7.27. The van der Waals surface area contributed by atoms with Crippen LogP contribution in [0.3, 0.4) is 0 Å². The molecule has 0 spiro atoms. The number of nitrogens with zero attached hydrogens (tertiary/aromatic N) is 1. The number of rotatable bonds is 5. The standard InChI is InChI=1S/C19H24N2O3/c1-14(22)21-11-9-15-5-2-3-7-17(15)18(21)13-19(23)20-10-8-16-6-4-12-24-16/h2-3,5,7,9,11,16,18H,4,6,8,10,12-13H2,1H3,(H,20,23). The highest BCUT2D eigenvalue weighted by molar-refractivity contribution is 5.81. The number of benzene rings is 1. The Hall–Kier alpha value is -2.14. The van der Waals surface area contributed by atoms with Crippen molar-refractivity contribution in [3.63, 3.8) is 0 Å². The molecule has 0 radical (unpaired) electrons. The molecule has 1 saturated heterocycles. The molecule has 5 heteroatoms. The predicted octanol–water partition coefficient (Wildman–Crippen LogP) is 2.64. The summed E-state index contributed by atoms with van der Waals surface area (Å²) in [6.45, 7) is 2.98. The van der Waals surface area contributed by atoms with E-state index in [1.54, 1.807) is 11.1 Å². The van der Waals surface area contributed by atoms with Crippen LogP contribution in [0.15, 0.2) is 30.5 Å². The zero-order valence-electron chi connectivity index (χ0n) is 14.0. The van der Waals surface area contributed by atoms with Crippen LogP contribution in [0.4, 0.5) is 0 Å². The van der Waals surface area contributed by atoms with Gasteiger partial charge in [0.1, 0.15) is 0 Å². The molecule has 1 fully saturated rings. The summed E-state index contributed by atoms with van der Waals surface area (Å²) in [7, 11) is 0. The zero-order valence-corrected chi connectivity index (χ0v) is 14.0. The van der Waals surface area contributed by atoms with E-state index < -0.39 is 0 Å². The van der Waals surface area contributed by atoms with Crippen LogP contribution in [0.5, 0.6) is 0 Å². The maximum absolute atomic E-state index is 12.3. The van der Waals surface area contributed by atoms with Crippen LogP contribution in [-0.4, -0.2) is 36.0 Å². The van der Waals surface area contributed by atoms with Crippen LogP contribution in [0.1, 0.15) is 49.8 Å². The molecule has 24 heavy (non-hydrogen) atoms. The smallest absolute Gasteiger partial charge is 0.223 e. The molecule has 1 aromatic carbocycles. The van der Waals surface area contributed by atoms with Gasteiger partial charge in [0.25, 0.3) is 0 Å². The van der Waals surface area contributed by atoms with Gasteiger partial charge < -0.3 is 15.0 Å². The van der Waals surface area contributed by atoms with E-state index in [2.05, 4.69) is 5.32 Å². The van der Waals surface area contributed by atoms with Gasteiger partial charge in [0.2, 0.25) is 11.8 Å². The average Bonchev–Trinajstić information content (AvgIpc) is 3.08. The molecular weight excluding hydrogens is 304 g/mol. The van der Waals surface area contributed by atoms with E-state index in [1.807, 2.05) is 30.3 Å². The Balaban J connectivity index is 1.61. The molecule has 5 nitrogen and oxygen atoms in total. The Kier molecular flexibility index (Phi) is 5.30. The van der Waals surface area contributed by atoms with Gasteiger partial charge in [-0.1, -0.05) is 24.3 Å². The van der Waals surface area contributed by atoms with Crippen molar-refractivity contribution in [3.8, 4) is 0 Å². The first-order valence-electron chi connectivity index (χ1n) is 8.59. The van der Waals surface area contributed by atoms with Crippen molar-refractivity contribution in [2.75, 3.05) is 13.2 Å². The molecule has 0 aromatic heterocycles. The number of fused-ring (bicyclic) bond motifs is 1. The molecule has 2 heterocycles. The maximum Gasteiger partial charge on any atom is 0.223 e. The normalized spacial score (nSPS) is 22.3. The summed E-state index contributed by atoms with van der Waals surface area (Å²) in [5.41, 5.74) is 2.08. The van der Waals surface area contributed by atoms with Gasteiger partial charge in [-0.25, -0.2) is 0 Å². The predicted molar refractivity (Wildman–Crippen MR) is 92.0 cm³/mol. The minimum absolute atomic E-state index is 0.0330. The third-order valence-electron chi connectivity index (χ3n) is 4.66. The lowest BCUT2D eigenvalue weighted by molar-refractivity contribution is -0.129. The van der Waals surface area contributed by atoms with Crippen LogP contribution >= 0.6 is 0 Å². The lowest BCUT2D eigenvalue weighted by Crippen LogP contribution is -2.35. The van der Waals surface area contributed by atoms with Crippen molar-refractivity contribution >= 4 is 17.9 Å². The van der Waals surface area contributed by atoms with Gasteiger partial charge in [0.05, 0.1) is 18.6 Å². The minimum atomic E-state index is -0.244. The molecule has 3 rings (SSSR count). The van der Waals surface area contributed by atoms with Gasteiger partial charge in [-0.2, -0.15) is 0 Å². The molecule has 0 saturated carbocycles. The van der Waals surface area contributed by atoms with Crippen molar-refractivity contribution in [2.45, 2.75) is 44.8 Å². The van der Waals surface area contributed by atoms with E-state index in [4.69, 9.17) is 4.74 Å². The number of carbonyl (C=O) groups excluding carboxylic acids is 2. The van der Waals surface area contributed by atoms with Gasteiger partial charge in [-0.15, -0.1) is 0 Å². The number of carbonyl (C=O) groups is 2. The highest BCUT2D eigenvalue weighted by Gasteiger charge is 2.28. The molecule has 2 unspecified atom stereocenters. The van der Waals surface area contributed by atoms with Crippen molar-refractivity contribution in [3.05, 3.63) is 41.6 Å². The van der Waals surface area contributed by atoms with Gasteiger partial charge in [-0.3, -0.25) is 9.59 Å². The Morgan fingerprint density at radius 2 is 2.17 bits per heavy atom. The van der Waals surface area contributed by atoms with Gasteiger partial charge in [0.15, 0.2) is 0 Å². The third-order valence-corrected chi connectivity index (χ3v) is 4.66. The molecular formula is C19H24N2O3. The largest absolute Gasteiger partial charge is 0.378 e. The number of nitrogens with one attached hydrogen (secondary N) is 1. The molecule has 2 amide bonds. The van der Waals surface area contributed by atoms with E-state index in [1.165, 1.54) is 6.92 Å². The van der Waals surface area contributed by atoms with Gasteiger partial charge in [-0.05, 0) is 36.5 Å². The van der Waals surface area contributed by atoms with Crippen LogP contribution in [0, 0.1) is 0 Å². The van der Waals surface area contributed by atoms with Crippen molar-refractivity contribution in [1.82, 2.24) is 10.2 Å². The van der Waals surface area contributed by atoms with Crippen LogP contribution in [-0.2, 0) is 14.3 Å². The van der Waals surface area contributed by atoms with Gasteiger partial charge >= 0.3 is 0 Å². The lowest BCUT2D eigenvalue weighted by atomic mass is 9.93. The summed E-state index contributed by atoms with van der Waals surface area (Å²) in [5.74, 6) is -0.0905. The maximum atomic E-state index is 12.3. The molecule has 2 aliphatic heterocycles. The van der Waals surface area contributed by atoms with Crippen molar-refractivity contribution in [2.24, 2.45) is 0 Å². The third kappa shape index (κ3) is 3.85. The molecule has 0 aliphatic carbocycles. The Labute approximate surface area is 142 Å². The lowest BCUT2D eigenvalue weighted by Gasteiger charge is -2.32. The summed E-state index contributed by atoms with van der Waals surface area (Å²) in [4.78, 5) is 25.9. The van der Waals surface area contributed by atoms with E-state index in [0.29, 0.717) is 6.54 Å². The first-order chi connectivity index (χ1) is 11.6. The van der Waals surface area contributed by atoms with E-state index in [-0.39, 0.29) is 30.4 Å². The highest BCUT2D eigenvalue weighted by atomic mass is 16.5. The Morgan fingerprint density at radius 1 is 1.33 bits per heavy atom. The molecule has 1 N–H and O–H groups in total.